The third-order valence-electron chi connectivity index (χ3n) is 3.87. The van der Waals surface area contributed by atoms with E-state index in [-0.39, 0.29) is 12.0 Å². The SMILES string of the molecule is Nc1nc(Cl)cc(N[C@@H](c2ccc(Cl)cc2)C2CCC2)n1. The average Bonchev–Trinajstić information content (AvgIpc) is 2.35. The number of nitrogens with two attached hydrogens (primary N) is 1. The van der Waals surface area contributed by atoms with E-state index in [4.69, 9.17) is 28.9 Å². The van der Waals surface area contributed by atoms with Crippen molar-refractivity contribution >= 4 is 35.0 Å². The zero-order chi connectivity index (χ0) is 14.8. The van der Waals surface area contributed by atoms with Crippen molar-refractivity contribution in [2.45, 2.75) is 25.3 Å². The molecule has 0 aliphatic heterocycles. The molecule has 0 radical (unpaired) electrons. The fourth-order valence-corrected chi connectivity index (χ4v) is 2.90. The highest BCUT2D eigenvalue weighted by atomic mass is 35.5. The van der Waals surface area contributed by atoms with Crippen LogP contribution in [0.15, 0.2) is 30.3 Å². The third kappa shape index (κ3) is 3.39. The van der Waals surface area contributed by atoms with Crippen LogP contribution in [-0.4, -0.2) is 9.97 Å². The zero-order valence-electron chi connectivity index (χ0n) is 11.4. The van der Waals surface area contributed by atoms with E-state index in [1.165, 1.54) is 24.8 Å². The van der Waals surface area contributed by atoms with Crippen LogP contribution >= 0.6 is 23.2 Å². The molecule has 1 atom stereocenters. The Morgan fingerprint density at radius 2 is 1.86 bits per heavy atom. The van der Waals surface area contributed by atoms with Crippen molar-refractivity contribution in [3.63, 3.8) is 0 Å². The molecule has 0 spiro atoms. The van der Waals surface area contributed by atoms with Gasteiger partial charge < -0.3 is 11.1 Å². The first-order chi connectivity index (χ1) is 10.1. The van der Waals surface area contributed by atoms with Gasteiger partial charge in [0.05, 0.1) is 6.04 Å². The lowest BCUT2D eigenvalue weighted by Gasteiger charge is -2.35. The summed E-state index contributed by atoms with van der Waals surface area (Å²) in [6, 6.07) is 9.78. The van der Waals surface area contributed by atoms with Crippen LogP contribution in [0.5, 0.6) is 0 Å². The molecule has 1 aliphatic carbocycles. The lowest BCUT2D eigenvalue weighted by atomic mass is 9.77. The molecule has 0 unspecified atom stereocenters. The number of benzene rings is 1. The summed E-state index contributed by atoms with van der Waals surface area (Å²) in [4.78, 5) is 8.08. The van der Waals surface area contributed by atoms with E-state index < -0.39 is 0 Å². The van der Waals surface area contributed by atoms with Gasteiger partial charge in [0, 0.05) is 11.1 Å². The highest BCUT2D eigenvalue weighted by Gasteiger charge is 2.28. The Balaban J connectivity index is 1.87. The minimum Gasteiger partial charge on any atom is -0.368 e. The molecule has 3 N–H and O–H groups in total. The highest BCUT2D eigenvalue weighted by molar-refractivity contribution is 6.30. The van der Waals surface area contributed by atoms with Gasteiger partial charge in [-0.25, -0.2) is 4.98 Å². The van der Waals surface area contributed by atoms with Gasteiger partial charge in [-0.05, 0) is 36.5 Å². The second kappa shape index (κ2) is 6.08. The first kappa shape index (κ1) is 14.4. The van der Waals surface area contributed by atoms with E-state index in [1.807, 2.05) is 24.3 Å². The van der Waals surface area contributed by atoms with Crippen molar-refractivity contribution < 1.29 is 0 Å². The number of nitrogen functional groups attached to an aromatic ring is 1. The number of nitrogens with one attached hydrogen (secondary N) is 1. The fourth-order valence-electron chi connectivity index (χ4n) is 2.59. The molecule has 0 saturated heterocycles. The second-order valence-corrected chi connectivity index (χ2v) is 6.12. The van der Waals surface area contributed by atoms with E-state index >= 15 is 0 Å². The molecule has 1 saturated carbocycles. The maximum absolute atomic E-state index is 5.97. The first-order valence-corrected chi connectivity index (χ1v) is 7.69. The van der Waals surface area contributed by atoms with E-state index in [0.29, 0.717) is 16.9 Å². The number of anilines is 2. The second-order valence-electron chi connectivity index (χ2n) is 5.30. The molecule has 1 aliphatic rings. The lowest BCUT2D eigenvalue weighted by molar-refractivity contribution is 0.277. The van der Waals surface area contributed by atoms with Gasteiger partial charge in [0.25, 0.3) is 0 Å². The van der Waals surface area contributed by atoms with Crippen LogP contribution in [0.1, 0.15) is 30.9 Å². The van der Waals surface area contributed by atoms with Gasteiger partial charge in [0.2, 0.25) is 5.95 Å². The molecule has 4 nitrogen and oxygen atoms in total. The summed E-state index contributed by atoms with van der Waals surface area (Å²) in [7, 11) is 0. The maximum Gasteiger partial charge on any atom is 0.223 e. The van der Waals surface area contributed by atoms with E-state index in [2.05, 4.69) is 15.3 Å². The molecular formula is C15H16Cl2N4. The molecule has 21 heavy (non-hydrogen) atoms. The summed E-state index contributed by atoms with van der Waals surface area (Å²) in [5, 5.41) is 4.52. The van der Waals surface area contributed by atoms with E-state index in [1.54, 1.807) is 6.07 Å². The fraction of sp³-hybridized carbons (Fsp3) is 0.333. The van der Waals surface area contributed by atoms with Crippen molar-refractivity contribution in [2.75, 3.05) is 11.1 Å². The quantitative estimate of drug-likeness (QED) is 0.823. The molecule has 1 aromatic heterocycles. The Bertz CT molecular complexity index is 606. The van der Waals surface area contributed by atoms with Crippen LogP contribution in [-0.2, 0) is 0 Å². The van der Waals surface area contributed by atoms with Crippen LogP contribution in [0, 0.1) is 5.92 Å². The summed E-state index contributed by atoms with van der Waals surface area (Å²) < 4.78 is 0. The van der Waals surface area contributed by atoms with Crippen LogP contribution in [0.2, 0.25) is 10.2 Å². The molecule has 3 rings (SSSR count). The van der Waals surface area contributed by atoms with Crippen molar-refractivity contribution in [3.8, 4) is 0 Å². The Morgan fingerprint density at radius 1 is 1.14 bits per heavy atom. The van der Waals surface area contributed by atoms with Gasteiger partial charge in [-0.3, -0.25) is 0 Å². The molecule has 110 valence electrons. The van der Waals surface area contributed by atoms with Crippen molar-refractivity contribution in [1.82, 2.24) is 9.97 Å². The molecule has 1 heterocycles. The van der Waals surface area contributed by atoms with Crippen LogP contribution in [0.3, 0.4) is 0 Å². The Kier molecular flexibility index (Phi) is 4.17. The van der Waals surface area contributed by atoms with Gasteiger partial charge in [0.1, 0.15) is 11.0 Å². The van der Waals surface area contributed by atoms with E-state index in [0.717, 1.165) is 5.02 Å². The van der Waals surface area contributed by atoms with Crippen LogP contribution in [0.4, 0.5) is 11.8 Å². The van der Waals surface area contributed by atoms with Gasteiger partial charge in [0.15, 0.2) is 0 Å². The van der Waals surface area contributed by atoms with Gasteiger partial charge >= 0.3 is 0 Å². The van der Waals surface area contributed by atoms with Crippen LogP contribution in [0.25, 0.3) is 0 Å². The van der Waals surface area contributed by atoms with Gasteiger partial charge in [-0.15, -0.1) is 0 Å². The number of aromatic nitrogens is 2. The largest absolute Gasteiger partial charge is 0.368 e. The van der Waals surface area contributed by atoms with Crippen molar-refractivity contribution in [2.24, 2.45) is 5.92 Å². The normalized spacial score (nSPS) is 16.3. The number of halogens is 2. The van der Waals surface area contributed by atoms with Gasteiger partial charge in [-0.1, -0.05) is 41.8 Å². The predicted octanol–water partition coefficient (Wildman–Crippen LogP) is 4.32. The Labute approximate surface area is 133 Å². The lowest BCUT2D eigenvalue weighted by Crippen LogP contribution is -2.26. The first-order valence-electron chi connectivity index (χ1n) is 6.94. The summed E-state index contributed by atoms with van der Waals surface area (Å²) in [5.41, 5.74) is 6.84. The summed E-state index contributed by atoms with van der Waals surface area (Å²) in [6.07, 6.45) is 3.67. The standard InChI is InChI=1S/C15H16Cl2N4/c16-11-6-4-10(5-7-11)14(9-2-1-3-9)20-13-8-12(17)19-15(18)21-13/h4-9,14H,1-3H2,(H3,18,19,20,21)/t14-/m1/s1. The molecule has 2 aromatic rings. The maximum atomic E-state index is 5.97. The molecule has 0 amide bonds. The summed E-state index contributed by atoms with van der Waals surface area (Å²) >= 11 is 11.9. The van der Waals surface area contributed by atoms with Crippen LogP contribution < -0.4 is 11.1 Å². The van der Waals surface area contributed by atoms with Crippen molar-refractivity contribution in [1.29, 1.82) is 0 Å². The number of rotatable bonds is 4. The third-order valence-corrected chi connectivity index (χ3v) is 4.31. The van der Waals surface area contributed by atoms with Crippen molar-refractivity contribution in [3.05, 3.63) is 46.1 Å². The molecule has 1 fully saturated rings. The highest BCUT2D eigenvalue weighted by Crippen LogP contribution is 2.39. The molecule has 0 bridgehead atoms. The molecule has 6 heteroatoms. The van der Waals surface area contributed by atoms with Gasteiger partial charge in [-0.2, -0.15) is 4.98 Å². The smallest absolute Gasteiger partial charge is 0.223 e. The average molecular weight is 323 g/mol. The zero-order valence-corrected chi connectivity index (χ0v) is 12.9. The molecule has 1 aromatic carbocycles. The topological polar surface area (TPSA) is 63.8 Å². The summed E-state index contributed by atoms with van der Waals surface area (Å²) in [5.74, 6) is 1.41. The Hall–Kier alpha value is -1.52. The minimum atomic E-state index is 0.175. The Morgan fingerprint density at radius 3 is 2.43 bits per heavy atom. The van der Waals surface area contributed by atoms with E-state index in [9.17, 15) is 0 Å². The monoisotopic (exact) mass is 322 g/mol. The minimum absolute atomic E-state index is 0.175. The number of hydrogen-bond acceptors (Lipinski definition) is 4. The number of hydrogen-bond donors (Lipinski definition) is 2. The molecular weight excluding hydrogens is 307 g/mol. The predicted molar refractivity (Wildman–Crippen MR) is 86.6 cm³/mol. The number of nitrogens with zero attached hydrogens (tertiary/aromatic N) is 2. The summed E-state index contributed by atoms with van der Waals surface area (Å²) in [6.45, 7) is 0.